The van der Waals surface area contributed by atoms with Gasteiger partial charge in [0.2, 0.25) is 5.96 Å². The van der Waals surface area contributed by atoms with Crippen molar-refractivity contribution in [3.05, 3.63) is 70.2 Å². The SMILES string of the molecule is Cc1csc(C(=O)NC(=Nc2ccc(N3CCC(O)CC3)cc2)Nc2cccc(C(F)(F)F)c2)n1. The third-order valence-corrected chi connectivity index (χ3v) is 6.38. The maximum absolute atomic E-state index is 13.1. The number of nitrogens with one attached hydrogen (secondary N) is 2. The second-order valence-corrected chi connectivity index (χ2v) is 9.00. The molecular weight excluding hydrogens is 479 g/mol. The van der Waals surface area contributed by atoms with Crippen LogP contribution in [0, 0.1) is 6.92 Å². The third-order valence-electron chi connectivity index (χ3n) is 5.42. The third kappa shape index (κ3) is 6.58. The van der Waals surface area contributed by atoms with Crippen molar-refractivity contribution >= 4 is 40.3 Å². The van der Waals surface area contributed by atoms with Gasteiger partial charge < -0.3 is 15.3 Å². The Morgan fingerprint density at radius 3 is 2.51 bits per heavy atom. The van der Waals surface area contributed by atoms with Crippen molar-refractivity contribution in [3.8, 4) is 0 Å². The Morgan fingerprint density at radius 2 is 1.89 bits per heavy atom. The van der Waals surface area contributed by atoms with Crippen molar-refractivity contribution in [1.82, 2.24) is 10.3 Å². The molecule has 0 unspecified atom stereocenters. The second kappa shape index (κ2) is 10.4. The molecule has 1 aliphatic heterocycles. The number of aryl methyl sites for hydroxylation is 1. The van der Waals surface area contributed by atoms with Gasteiger partial charge in [0.05, 0.1) is 17.4 Å². The van der Waals surface area contributed by atoms with Crippen molar-refractivity contribution in [2.75, 3.05) is 23.3 Å². The van der Waals surface area contributed by atoms with Gasteiger partial charge in [-0.25, -0.2) is 9.98 Å². The normalized spacial score (nSPS) is 15.2. The zero-order valence-corrected chi connectivity index (χ0v) is 19.7. The van der Waals surface area contributed by atoms with Gasteiger partial charge in [-0.3, -0.25) is 10.1 Å². The van der Waals surface area contributed by atoms with Crippen molar-refractivity contribution in [2.45, 2.75) is 32.0 Å². The number of rotatable bonds is 4. The van der Waals surface area contributed by atoms with Crippen LogP contribution in [0.3, 0.4) is 0 Å². The Morgan fingerprint density at radius 1 is 1.17 bits per heavy atom. The highest BCUT2D eigenvalue weighted by Crippen LogP contribution is 2.31. The van der Waals surface area contributed by atoms with Crippen LogP contribution in [0.1, 0.15) is 33.9 Å². The zero-order valence-electron chi connectivity index (χ0n) is 18.8. The standard InChI is InChI=1S/C24H24F3N5O2S/c1-15-14-35-22(28-15)21(34)31-23(30-18-4-2-3-16(13-18)24(25,26)27)29-17-5-7-19(8-6-17)32-11-9-20(33)10-12-32/h2-8,13-14,20,33H,9-12H2,1H3,(H2,29,30,31,34). The van der Waals surface area contributed by atoms with E-state index in [0.717, 1.165) is 42.2 Å². The largest absolute Gasteiger partial charge is 0.416 e. The number of guanidine groups is 1. The van der Waals surface area contributed by atoms with Crippen LogP contribution in [-0.4, -0.2) is 41.2 Å². The Kier molecular flexibility index (Phi) is 7.37. The molecule has 11 heteroatoms. The predicted molar refractivity (Wildman–Crippen MR) is 130 cm³/mol. The smallest absolute Gasteiger partial charge is 0.393 e. The summed E-state index contributed by atoms with van der Waals surface area (Å²) in [4.78, 5) is 23.4. The molecular formula is C24H24F3N5O2S. The fourth-order valence-corrected chi connectivity index (χ4v) is 4.30. The summed E-state index contributed by atoms with van der Waals surface area (Å²) in [5.41, 5.74) is 1.46. The first-order valence-electron chi connectivity index (χ1n) is 11.0. The van der Waals surface area contributed by atoms with E-state index in [4.69, 9.17) is 0 Å². The summed E-state index contributed by atoms with van der Waals surface area (Å²) in [5.74, 6) is -0.555. The molecule has 3 N–H and O–H groups in total. The number of piperidine rings is 1. The predicted octanol–water partition coefficient (Wildman–Crippen LogP) is 4.96. The van der Waals surface area contributed by atoms with Crippen molar-refractivity contribution < 1.29 is 23.1 Å². The number of hydrogen-bond donors (Lipinski definition) is 3. The molecule has 3 aromatic rings. The molecule has 184 valence electrons. The monoisotopic (exact) mass is 503 g/mol. The van der Waals surface area contributed by atoms with Crippen LogP contribution in [-0.2, 0) is 6.18 Å². The molecule has 7 nitrogen and oxygen atoms in total. The lowest BCUT2D eigenvalue weighted by Crippen LogP contribution is -2.36. The number of aliphatic hydroxyl groups excluding tert-OH is 1. The molecule has 0 spiro atoms. The molecule has 1 aromatic heterocycles. The van der Waals surface area contributed by atoms with Gasteiger partial charge in [-0.15, -0.1) is 11.3 Å². The lowest BCUT2D eigenvalue weighted by molar-refractivity contribution is -0.137. The molecule has 2 heterocycles. The Balaban J connectivity index is 1.57. The molecule has 0 bridgehead atoms. The van der Waals surface area contributed by atoms with Gasteiger partial charge in [-0.2, -0.15) is 13.2 Å². The van der Waals surface area contributed by atoms with Gasteiger partial charge >= 0.3 is 6.18 Å². The number of hydrogen-bond acceptors (Lipinski definition) is 6. The molecule has 1 saturated heterocycles. The highest BCUT2D eigenvalue weighted by Gasteiger charge is 2.30. The number of thiazole rings is 1. The van der Waals surface area contributed by atoms with Crippen molar-refractivity contribution in [2.24, 2.45) is 4.99 Å². The minimum atomic E-state index is -4.50. The lowest BCUT2D eigenvalue weighted by atomic mass is 10.1. The number of aliphatic imine (C=N–C) groups is 1. The summed E-state index contributed by atoms with van der Waals surface area (Å²) >= 11 is 1.16. The summed E-state index contributed by atoms with van der Waals surface area (Å²) in [6.45, 7) is 3.25. The first-order valence-corrected chi connectivity index (χ1v) is 11.8. The molecule has 1 aliphatic rings. The van der Waals surface area contributed by atoms with Crippen LogP contribution in [0.2, 0.25) is 0 Å². The van der Waals surface area contributed by atoms with Gasteiger partial charge in [0.1, 0.15) is 0 Å². The molecule has 35 heavy (non-hydrogen) atoms. The number of halogens is 3. The van der Waals surface area contributed by atoms with E-state index in [0.29, 0.717) is 24.2 Å². The highest BCUT2D eigenvalue weighted by atomic mass is 32.1. The summed E-state index contributed by atoms with van der Waals surface area (Å²) < 4.78 is 39.4. The van der Waals surface area contributed by atoms with E-state index in [1.54, 1.807) is 24.4 Å². The van der Waals surface area contributed by atoms with E-state index in [9.17, 15) is 23.1 Å². The number of aromatic nitrogens is 1. The number of anilines is 2. The number of carbonyl (C=O) groups excluding carboxylic acids is 1. The Labute approximate surface area is 204 Å². The molecule has 2 aromatic carbocycles. The molecule has 0 aliphatic carbocycles. The molecule has 1 amide bonds. The number of nitrogens with zero attached hydrogens (tertiary/aromatic N) is 3. The summed E-state index contributed by atoms with van der Waals surface area (Å²) in [6, 6.07) is 11.9. The van der Waals surface area contributed by atoms with Gasteiger partial charge in [0.15, 0.2) is 5.01 Å². The van der Waals surface area contributed by atoms with Gasteiger partial charge in [-0.05, 0) is 62.2 Å². The lowest BCUT2D eigenvalue weighted by Gasteiger charge is -2.31. The molecule has 0 radical (unpaired) electrons. The maximum atomic E-state index is 13.1. The van der Waals surface area contributed by atoms with E-state index in [-0.39, 0.29) is 22.8 Å². The number of amides is 1. The first kappa shape index (κ1) is 24.7. The first-order chi connectivity index (χ1) is 16.7. The summed E-state index contributed by atoms with van der Waals surface area (Å²) in [7, 11) is 0. The second-order valence-electron chi connectivity index (χ2n) is 8.15. The highest BCUT2D eigenvalue weighted by molar-refractivity contribution is 7.11. The Bertz CT molecular complexity index is 1200. The van der Waals surface area contributed by atoms with Crippen LogP contribution in [0.5, 0.6) is 0 Å². The summed E-state index contributed by atoms with van der Waals surface area (Å²) in [6.07, 6.45) is -3.37. The topological polar surface area (TPSA) is 89.9 Å². The van der Waals surface area contributed by atoms with Crippen LogP contribution < -0.4 is 15.5 Å². The molecule has 0 saturated carbocycles. The number of alkyl halides is 3. The molecule has 1 fully saturated rings. The van der Waals surface area contributed by atoms with Gasteiger partial charge in [0, 0.05) is 35.5 Å². The van der Waals surface area contributed by atoms with Gasteiger partial charge in [0.25, 0.3) is 5.91 Å². The van der Waals surface area contributed by atoms with Crippen LogP contribution in [0.15, 0.2) is 58.9 Å². The molecule has 0 atom stereocenters. The number of aliphatic hydroxyl groups is 1. The van der Waals surface area contributed by atoms with Crippen LogP contribution in [0.4, 0.5) is 30.2 Å². The minimum Gasteiger partial charge on any atom is -0.393 e. The maximum Gasteiger partial charge on any atom is 0.416 e. The van der Waals surface area contributed by atoms with Crippen molar-refractivity contribution in [3.63, 3.8) is 0 Å². The fourth-order valence-electron chi connectivity index (χ4n) is 3.61. The quantitative estimate of drug-likeness (QED) is 0.346. The molecule has 4 rings (SSSR count). The average molecular weight is 504 g/mol. The van der Waals surface area contributed by atoms with E-state index in [1.165, 1.54) is 12.1 Å². The van der Waals surface area contributed by atoms with Crippen LogP contribution in [0.25, 0.3) is 0 Å². The average Bonchev–Trinajstić information content (AvgIpc) is 3.26. The minimum absolute atomic E-state index is 0.0315. The summed E-state index contributed by atoms with van der Waals surface area (Å²) in [5, 5.41) is 17.0. The van der Waals surface area contributed by atoms with E-state index in [2.05, 4.69) is 25.5 Å². The van der Waals surface area contributed by atoms with Crippen LogP contribution >= 0.6 is 11.3 Å². The fraction of sp³-hybridized carbons (Fsp3) is 0.292. The van der Waals surface area contributed by atoms with E-state index >= 15 is 0 Å². The van der Waals surface area contributed by atoms with Gasteiger partial charge in [-0.1, -0.05) is 6.07 Å². The number of benzene rings is 2. The van der Waals surface area contributed by atoms with E-state index < -0.39 is 17.6 Å². The van der Waals surface area contributed by atoms with Crippen molar-refractivity contribution in [1.29, 1.82) is 0 Å². The van der Waals surface area contributed by atoms with E-state index in [1.807, 2.05) is 12.1 Å². The zero-order chi connectivity index (χ0) is 25.0. The Hall–Kier alpha value is -3.44. The number of carbonyl (C=O) groups is 1.